The van der Waals surface area contributed by atoms with Crippen LogP contribution in [-0.4, -0.2) is 10.1 Å². The predicted octanol–water partition coefficient (Wildman–Crippen LogP) is 4.84. The summed E-state index contributed by atoms with van der Waals surface area (Å²) in [5, 5.41) is 10.7. The molecular weight excluding hydrogens is 278 g/mol. The summed E-state index contributed by atoms with van der Waals surface area (Å²) in [6, 6.07) is 5.47. The van der Waals surface area contributed by atoms with Crippen LogP contribution in [0.15, 0.2) is 23.8 Å². The Morgan fingerprint density at radius 3 is 2.48 bits per heavy atom. The molecule has 2 nitrogen and oxygen atoms in total. The number of fused-ring (bicyclic) bond motifs is 1. The molecule has 0 radical (unpaired) electrons. The lowest BCUT2D eigenvalue weighted by molar-refractivity contribution is 0.0710. The second-order valence-electron chi connectivity index (χ2n) is 7.15. The average Bonchev–Trinajstić information content (AvgIpc) is 2.83. The Hall–Kier alpha value is -1.35. The second kappa shape index (κ2) is 4.33. The molecule has 1 aromatic carbocycles. The van der Waals surface area contributed by atoms with Gasteiger partial charge in [0.1, 0.15) is 10.8 Å². The standard InChI is InChI=1S/C18H19NOS/c20-14-1-2-16-17(8-14)21-18(19-16)9-15-12-4-10-3-11(6-12)7-13(15)5-10/h1-2,8-13,20H,3-7H2. The van der Waals surface area contributed by atoms with Gasteiger partial charge < -0.3 is 5.11 Å². The monoisotopic (exact) mass is 297 g/mol. The van der Waals surface area contributed by atoms with E-state index in [1.807, 2.05) is 12.1 Å². The molecule has 21 heavy (non-hydrogen) atoms. The second-order valence-corrected chi connectivity index (χ2v) is 8.22. The summed E-state index contributed by atoms with van der Waals surface area (Å²) in [7, 11) is 0. The maximum Gasteiger partial charge on any atom is 0.117 e. The number of benzene rings is 1. The minimum absolute atomic E-state index is 0.333. The van der Waals surface area contributed by atoms with Crippen molar-refractivity contribution in [3.05, 3.63) is 28.8 Å². The van der Waals surface area contributed by atoms with Crippen LogP contribution in [0.1, 0.15) is 37.1 Å². The van der Waals surface area contributed by atoms with Crippen molar-refractivity contribution in [2.24, 2.45) is 23.7 Å². The van der Waals surface area contributed by atoms with Crippen LogP contribution >= 0.6 is 11.3 Å². The summed E-state index contributed by atoms with van der Waals surface area (Å²) in [5.41, 5.74) is 2.69. The average molecular weight is 297 g/mol. The number of hydrogen-bond acceptors (Lipinski definition) is 3. The van der Waals surface area contributed by atoms with E-state index in [0.717, 1.165) is 38.9 Å². The van der Waals surface area contributed by atoms with Crippen molar-refractivity contribution in [3.63, 3.8) is 0 Å². The van der Waals surface area contributed by atoms with Gasteiger partial charge >= 0.3 is 0 Å². The van der Waals surface area contributed by atoms with Crippen molar-refractivity contribution in [1.29, 1.82) is 0 Å². The summed E-state index contributed by atoms with van der Waals surface area (Å²) in [4.78, 5) is 4.74. The first-order chi connectivity index (χ1) is 10.2. The summed E-state index contributed by atoms with van der Waals surface area (Å²) < 4.78 is 1.09. The van der Waals surface area contributed by atoms with Crippen molar-refractivity contribution in [1.82, 2.24) is 4.98 Å². The minimum Gasteiger partial charge on any atom is -0.508 e. The number of nitrogens with zero attached hydrogens (tertiary/aromatic N) is 1. The number of phenolic OH excluding ortho intramolecular Hbond substituents is 1. The van der Waals surface area contributed by atoms with Crippen LogP contribution in [-0.2, 0) is 0 Å². The molecule has 4 aliphatic carbocycles. The van der Waals surface area contributed by atoms with E-state index in [4.69, 9.17) is 4.98 Å². The van der Waals surface area contributed by atoms with E-state index >= 15 is 0 Å². The third kappa shape index (κ3) is 1.94. The molecular formula is C18H19NOS. The molecule has 4 fully saturated rings. The highest BCUT2D eigenvalue weighted by Crippen LogP contribution is 2.56. The Morgan fingerprint density at radius 2 is 1.76 bits per heavy atom. The van der Waals surface area contributed by atoms with E-state index in [2.05, 4.69) is 6.08 Å². The van der Waals surface area contributed by atoms with Crippen molar-refractivity contribution in [2.45, 2.75) is 32.1 Å². The third-order valence-corrected chi connectivity index (χ3v) is 6.72. The van der Waals surface area contributed by atoms with Crippen LogP contribution in [0.2, 0.25) is 0 Å². The van der Waals surface area contributed by atoms with Crippen molar-refractivity contribution < 1.29 is 5.11 Å². The molecule has 1 N–H and O–H groups in total. The fourth-order valence-electron chi connectivity index (χ4n) is 5.10. The number of aromatic hydroxyl groups is 1. The Balaban J connectivity index is 1.54. The molecule has 108 valence electrons. The van der Waals surface area contributed by atoms with Crippen LogP contribution in [0.4, 0.5) is 0 Å². The van der Waals surface area contributed by atoms with Crippen LogP contribution in [0.5, 0.6) is 5.75 Å². The Labute approximate surface area is 128 Å². The molecule has 0 unspecified atom stereocenters. The molecule has 0 atom stereocenters. The zero-order chi connectivity index (χ0) is 14.0. The van der Waals surface area contributed by atoms with Gasteiger partial charge in [0.05, 0.1) is 10.2 Å². The van der Waals surface area contributed by atoms with Crippen molar-refractivity contribution in [2.75, 3.05) is 0 Å². The molecule has 4 bridgehead atoms. The van der Waals surface area contributed by atoms with Gasteiger partial charge in [-0.15, -0.1) is 11.3 Å². The number of aromatic nitrogens is 1. The number of hydrogen-bond donors (Lipinski definition) is 1. The molecule has 4 aliphatic rings. The lowest BCUT2D eigenvalue weighted by Gasteiger charge is -2.51. The van der Waals surface area contributed by atoms with Gasteiger partial charge in [-0.3, -0.25) is 0 Å². The van der Waals surface area contributed by atoms with Crippen LogP contribution < -0.4 is 0 Å². The van der Waals surface area contributed by atoms with Crippen LogP contribution in [0, 0.1) is 23.7 Å². The molecule has 3 heteroatoms. The highest BCUT2D eigenvalue weighted by atomic mass is 32.1. The topological polar surface area (TPSA) is 33.1 Å². The number of phenols is 1. The molecule has 2 aromatic rings. The van der Waals surface area contributed by atoms with Gasteiger partial charge in [0.15, 0.2) is 0 Å². The maximum atomic E-state index is 9.59. The first-order valence-corrected chi connectivity index (χ1v) is 8.87. The van der Waals surface area contributed by atoms with Crippen molar-refractivity contribution >= 4 is 27.6 Å². The fourth-order valence-corrected chi connectivity index (χ4v) is 6.06. The SMILES string of the molecule is Oc1ccc2nc(C=C3C4CC5CC(C4)CC3C5)sc2c1. The van der Waals surface area contributed by atoms with Gasteiger partial charge in [-0.1, -0.05) is 5.57 Å². The van der Waals surface area contributed by atoms with E-state index in [9.17, 15) is 5.11 Å². The molecule has 0 spiro atoms. The van der Waals surface area contributed by atoms with Crippen LogP contribution in [0.3, 0.4) is 0 Å². The minimum atomic E-state index is 0.333. The lowest BCUT2D eigenvalue weighted by Crippen LogP contribution is -2.40. The highest BCUT2D eigenvalue weighted by molar-refractivity contribution is 7.19. The van der Waals surface area contributed by atoms with Gasteiger partial charge in [0.2, 0.25) is 0 Å². The Kier molecular flexibility index (Phi) is 2.52. The van der Waals surface area contributed by atoms with E-state index in [1.165, 1.54) is 32.1 Å². The summed E-state index contributed by atoms with van der Waals surface area (Å²) in [5.74, 6) is 4.03. The molecule has 4 saturated carbocycles. The number of allylic oxidation sites excluding steroid dienone is 1. The van der Waals surface area contributed by atoms with Gasteiger partial charge in [-0.2, -0.15) is 0 Å². The molecule has 0 aliphatic heterocycles. The van der Waals surface area contributed by atoms with E-state index in [0.29, 0.717) is 5.75 Å². The molecule has 1 heterocycles. The normalized spacial score (nSPS) is 33.8. The zero-order valence-electron chi connectivity index (χ0n) is 12.0. The lowest BCUT2D eigenvalue weighted by atomic mass is 9.54. The number of thiazole rings is 1. The molecule has 0 amide bonds. The van der Waals surface area contributed by atoms with Crippen LogP contribution in [0.25, 0.3) is 16.3 Å². The smallest absolute Gasteiger partial charge is 0.117 e. The van der Waals surface area contributed by atoms with Gasteiger partial charge in [0.25, 0.3) is 0 Å². The summed E-state index contributed by atoms with van der Waals surface area (Å²) in [6.07, 6.45) is 9.57. The summed E-state index contributed by atoms with van der Waals surface area (Å²) in [6.45, 7) is 0. The van der Waals surface area contributed by atoms with E-state index in [-0.39, 0.29) is 0 Å². The maximum absolute atomic E-state index is 9.59. The quantitative estimate of drug-likeness (QED) is 0.817. The Morgan fingerprint density at radius 1 is 1.05 bits per heavy atom. The first kappa shape index (κ1) is 12.2. The fraction of sp³-hybridized carbons (Fsp3) is 0.500. The van der Waals surface area contributed by atoms with Gasteiger partial charge in [-0.25, -0.2) is 4.98 Å². The Bertz CT molecular complexity index is 715. The zero-order valence-corrected chi connectivity index (χ0v) is 12.8. The van der Waals surface area contributed by atoms with Gasteiger partial charge in [-0.05, 0) is 80.1 Å². The molecule has 6 rings (SSSR count). The van der Waals surface area contributed by atoms with Crippen molar-refractivity contribution in [3.8, 4) is 5.75 Å². The predicted molar refractivity (Wildman–Crippen MR) is 86.3 cm³/mol. The third-order valence-electron chi connectivity index (χ3n) is 5.76. The molecule has 0 saturated heterocycles. The largest absolute Gasteiger partial charge is 0.508 e. The number of rotatable bonds is 1. The molecule has 1 aromatic heterocycles. The first-order valence-electron chi connectivity index (χ1n) is 8.05. The highest BCUT2D eigenvalue weighted by Gasteiger charge is 2.44. The van der Waals surface area contributed by atoms with E-state index < -0.39 is 0 Å². The summed E-state index contributed by atoms with van der Waals surface area (Å²) >= 11 is 1.71. The van der Waals surface area contributed by atoms with Gasteiger partial charge in [0, 0.05) is 0 Å². The van der Waals surface area contributed by atoms with E-state index in [1.54, 1.807) is 23.0 Å².